The lowest BCUT2D eigenvalue weighted by Gasteiger charge is -2.60. The lowest BCUT2D eigenvalue weighted by molar-refractivity contribution is -0.0703. The van der Waals surface area contributed by atoms with Gasteiger partial charge in [0.2, 0.25) is 5.95 Å². The van der Waals surface area contributed by atoms with Crippen molar-refractivity contribution in [3.63, 3.8) is 0 Å². The Kier molecular flexibility index (Phi) is 6.62. The molecule has 3 N–H and O–H groups in total. The summed E-state index contributed by atoms with van der Waals surface area (Å²) in [5.41, 5.74) is 1.31. The summed E-state index contributed by atoms with van der Waals surface area (Å²) >= 11 is 1.73. The number of aromatic nitrogens is 2. The fourth-order valence-electron chi connectivity index (χ4n) is 7.41. The van der Waals surface area contributed by atoms with E-state index in [1.165, 1.54) is 34.9 Å². The maximum atomic E-state index is 12.5. The molecule has 0 aliphatic heterocycles. The summed E-state index contributed by atoms with van der Waals surface area (Å²) in [5, 5.41) is 23.2. The number of nitriles is 1. The number of alkyl carbamates (subject to hydrolysis) is 1. The lowest BCUT2D eigenvalue weighted by Crippen LogP contribution is -2.60. The van der Waals surface area contributed by atoms with Crippen molar-refractivity contribution in [3.8, 4) is 6.07 Å². The zero-order valence-electron chi connectivity index (χ0n) is 22.8. The predicted molar refractivity (Wildman–Crippen MR) is 154 cm³/mol. The minimum atomic E-state index is -0.498. The van der Waals surface area contributed by atoms with Crippen LogP contribution in [0.2, 0.25) is 0 Å². The second-order valence-corrected chi connectivity index (χ2v) is 13.6. The van der Waals surface area contributed by atoms with Crippen LogP contribution in [0.1, 0.15) is 64.0 Å². The van der Waals surface area contributed by atoms with Crippen LogP contribution in [-0.4, -0.2) is 34.2 Å². The molecule has 204 valence electrons. The van der Waals surface area contributed by atoms with E-state index in [1.54, 1.807) is 17.5 Å². The van der Waals surface area contributed by atoms with Gasteiger partial charge >= 0.3 is 6.09 Å². The standard InChI is InChI=1S/C30H36N6O2S/c1-29(2,3)38-28(37)35-24-21-9-18-10-22(24)13-30(11-18,12-21)17-34-26-23(14-31)16-33-27(36-26)32-15-20-6-4-5-19-7-8-39-25(19)20/h4-8,16,18,21-22,24H,9-13,15,17H2,1-3H3,(H,35,37)(H2,32,33,34,36)/t18?,21-,22+,24?,30?. The summed E-state index contributed by atoms with van der Waals surface area (Å²) < 4.78 is 6.83. The summed E-state index contributed by atoms with van der Waals surface area (Å²) in [4.78, 5) is 21.6. The number of nitrogens with one attached hydrogen (secondary N) is 3. The molecule has 4 aliphatic rings. The van der Waals surface area contributed by atoms with Crippen molar-refractivity contribution in [1.29, 1.82) is 5.26 Å². The van der Waals surface area contributed by atoms with Gasteiger partial charge in [-0.1, -0.05) is 18.2 Å². The molecule has 4 saturated carbocycles. The van der Waals surface area contributed by atoms with Gasteiger partial charge in [-0.15, -0.1) is 11.3 Å². The van der Waals surface area contributed by atoms with Gasteiger partial charge < -0.3 is 20.7 Å². The number of carbonyl (C=O) groups is 1. The van der Waals surface area contributed by atoms with Crippen LogP contribution in [0, 0.1) is 34.5 Å². The molecule has 0 saturated heterocycles. The number of benzene rings is 1. The van der Waals surface area contributed by atoms with E-state index in [0.29, 0.717) is 41.6 Å². The highest BCUT2D eigenvalue weighted by molar-refractivity contribution is 7.17. The molecule has 7 rings (SSSR count). The summed E-state index contributed by atoms with van der Waals surface area (Å²) in [5.74, 6) is 2.71. The quantitative estimate of drug-likeness (QED) is 0.320. The second-order valence-electron chi connectivity index (χ2n) is 12.7. The van der Waals surface area contributed by atoms with Gasteiger partial charge in [-0.05, 0) is 98.4 Å². The van der Waals surface area contributed by atoms with Gasteiger partial charge in [-0.2, -0.15) is 10.2 Å². The molecule has 2 heterocycles. The molecule has 39 heavy (non-hydrogen) atoms. The normalized spacial score (nSPS) is 27.2. The van der Waals surface area contributed by atoms with E-state index in [0.717, 1.165) is 19.4 Å². The van der Waals surface area contributed by atoms with Gasteiger partial charge in [0, 0.05) is 23.8 Å². The smallest absolute Gasteiger partial charge is 0.407 e. The molecule has 2 aromatic heterocycles. The van der Waals surface area contributed by atoms with Crippen molar-refractivity contribution in [2.45, 2.75) is 71.1 Å². The first-order valence-electron chi connectivity index (χ1n) is 13.9. The molecule has 0 radical (unpaired) electrons. The highest BCUT2D eigenvalue weighted by atomic mass is 32.1. The Morgan fingerprint density at radius 3 is 2.72 bits per heavy atom. The molecule has 9 heteroatoms. The minimum Gasteiger partial charge on any atom is -0.444 e. The number of rotatable bonds is 7. The Balaban J connectivity index is 1.12. The average molecular weight is 545 g/mol. The molecule has 1 amide bonds. The van der Waals surface area contributed by atoms with Gasteiger partial charge in [-0.25, -0.2) is 9.78 Å². The number of carbonyl (C=O) groups excluding carboxylic acids is 1. The van der Waals surface area contributed by atoms with Crippen molar-refractivity contribution in [2.75, 3.05) is 17.2 Å². The van der Waals surface area contributed by atoms with Gasteiger partial charge in [0.15, 0.2) is 0 Å². The Hall–Kier alpha value is -3.38. The van der Waals surface area contributed by atoms with Gasteiger partial charge in [0.05, 0.1) is 6.20 Å². The molecule has 3 aromatic rings. The van der Waals surface area contributed by atoms with E-state index < -0.39 is 5.60 Å². The van der Waals surface area contributed by atoms with E-state index in [2.05, 4.69) is 56.6 Å². The summed E-state index contributed by atoms with van der Waals surface area (Å²) in [6, 6.07) is 10.9. The minimum absolute atomic E-state index is 0.155. The van der Waals surface area contributed by atoms with Crippen molar-refractivity contribution in [2.24, 2.45) is 23.2 Å². The highest BCUT2D eigenvalue weighted by Crippen LogP contribution is 2.60. The van der Waals surface area contributed by atoms with Crippen LogP contribution in [0.15, 0.2) is 35.8 Å². The third-order valence-corrected chi connectivity index (χ3v) is 9.63. The Labute approximate surface area is 233 Å². The fraction of sp³-hybridized carbons (Fsp3) is 0.533. The van der Waals surface area contributed by atoms with E-state index in [4.69, 9.17) is 9.72 Å². The van der Waals surface area contributed by atoms with Crippen molar-refractivity contribution in [3.05, 3.63) is 47.0 Å². The van der Waals surface area contributed by atoms with Crippen molar-refractivity contribution >= 4 is 39.3 Å². The number of thiophene rings is 1. The van der Waals surface area contributed by atoms with Gasteiger partial charge in [-0.3, -0.25) is 0 Å². The number of hydrogen-bond acceptors (Lipinski definition) is 8. The molecular formula is C30H36N6O2S. The maximum absolute atomic E-state index is 12.5. The third-order valence-electron chi connectivity index (χ3n) is 8.62. The Morgan fingerprint density at radius 2 is 1.97 bits per heavy atom. The highest BCUT2D eigenvalue weighted by Gasteiger charge is 2.55. The third kappa shape index (κ3) is 5.40. The maximum Gasteiger partial charge on any atom is 0.407 e. The van der Waals surface area contributed by atoms with Crippen LogP contribution in [0.25, 0.3) is 10.1 Å². The molecule has 1 aromatic carbocycles. The first-order chi connectivity index (χ1) is 18.7. The molecule has 8 nitrogen and oxygen atoms in total. The van der Waals surface area contributed by atoms with Crippen LogP contribution >= 0.6 is 11.3 Å². The number of ether oxygens (including phenoxy) is 1. The van der Waals surface area contributed by atoms with Crippen molar-refractivity contribution < 1.29 is 9.53 Å². The van der Waals surface area contributed by atoms with Crippen LogP contribution < -0.4 is 16.0 Å². The number of amides is 1. The summed E-state index contributed by atoms with van der Waals surface area (Å²) in [6.07, 6.45) is 6.95. The lowest BCUT2D eigenvalue weighted by atomic mass is 9.48. The Bertz CT molecular complexity index is 1410. The van der Waals surface area contributed by atoms with Crippen LogP contribution in [0.4, 0.5) is 16.6 Å². The average Bonchev–Trinajstić information content (AvgIpc) is 3.37. The van der Waals surface area contributed by atoms with E-state index in [1.807, 2.05) is 20.8 Å². The van der Waals surface area contributed by atoms with Crippen molar-refractivity contribution in [1.82, 2.24) is 15.3 Å². The Morgan fingerprint density at radius 1 is 1.18 bits per heavy atom. The number of anilines is 2. The van der Waals surface area contributed by atoms with Crippen LogP contribution in [-0.2, 0) is 11.3 Å². The molecular weight excluding hydrogens is 508 g/mol. The number of nitrogens with zero attached hydrogens (tertiary/aromatic N) is 3. The SMILES string of the molecule is CC(C)(C)OC(=O)NC1[C@@H]2CC3C[C@H]1CC(CNc1nc(NCc4cccc5ccsc45)ncc1C#N)(C3)C2. The first kappa shape index (κ1) is 25.9. The zero-order chi connectivity index (χ0) is 27.2. The number of hydrogen-bond donors (Lipinski definition) is 3. The van der Waals surface area contributed by atoms with E-state index in [9.17, 15) is 10.1 Å². The second kappa shape index (κ2) is 9.98. The fourth-order valence-corrected chi connectivity index (χ4v) is 8.33. The summed E-state index contributed by atoms with van der Waals surface area (Å²) in [6.45, 7) is 7.09. The van der Waals surface area contributed by atoms with E-state index in [-0.39, 0.29) is 17.6 Å². The molecule has 4 aliphatic carbocycles. The molecule has 4 bridgehead atoms. The molecule has 4 fully saturated rings. The molecule has 3 unspecified atom stereocenters. The monoisotopic (exact) mass is 544 g/mol. The zero-order valence-corrected chi connectivity index (χ0v) is 23.6. The molecule has 0 spiro atoms. The van der Waals surface area contributed by atoms with Crippen LogP contribution in [0.5, 0.6) is 0 Å². The summed E-state index contributed by atoms with van der Waals surface area (Å²) in [7, 11) is 0. The largest absolute Gasteiger partial charge is 0.444 e. The van der Waals surface area contributed by atoms with Gasteiger partial charge in [0.1, 0.15) is 23.1 Å². The predicted octanol–water partition coefficient (Wildman–Crippen LogP) is 6.31. The first-order valence-corrected chi connectivity index (χ1v) is 14.8. The molecule has 5 atom stereocenters. The van der Waals surface area contributed by atoms with Gasteiger partial charge in [0.25, 0.3) is 0 Å². The van der Waals surface area contributed by atoms with E-state index >= 15 is 0 Å². The number of fused-ring (bicyclic) bond motifs is 1. The van der Waals surface area contributed by atoms with Crippen LogP contribution in [0.3, 0.4) is 0 Å². The topological polar surface area (TPSA) is 112 Å².